The number of hydrogen-bond donors (Lipinski definition) is 0. The van der Waals surface area contributed by atoms with Crippen molar-refractivity contribution in [1.82, 2.24) is 9.66 Å². The summed E-state index contributed by atoms with van der Waals surface area (Å²) in [5.74, 6) is 2.08. The smallest absolute Gasteiger partial charge is 0.282 e. The van der Waals surface area contributed by atoms with Crippen LogP contribution in [-0.4, -0.2) is 23.0 Å². The normalized spacial score (nSPS) is 14.4. The Bertz CT molecular complexity index is 1510. The zero-order chi connectivity index (χ0) is 25.8. The lowest BCUT2D eigenvalue weighted by Gasteiger charge is -2.22. The van der Waals surface area contributed by atoms with E-state index in [1.54, 1.807) is 31.5 Å². The van der Waals surface area contributed by atoms with Crippen LogP contribution in [0.25, 0.3) is 10.9 Å². The fourth-order valence-corrected chi connectivity index (χ4v) is 5.00. The van der Waals surface area contributed by atoms with Crippen LogP contribution in [-0.2, 0) is 6.61 Å². The number of benzene rings is 3. The maximum Gasteiger partial charge on any atom is 0.282 e. The van der Waals surface area contributed by atoms with Gasteiger partial charge in [0.15, 0.2) is 11.5 Å². The van der Waals surface area contributed by atoms with Crippen molar-refractivity contribution in [2.75, 3.05) is 7.11 Å². The van der Waals surface area contributed by atoms with Gasteiger partial charge in [0.25, 0.3) is 5.56 Å². The Hall–Kier alpha value is -3.35. The van der Waals surface area contributed by atoms with Crippen molar-refractivity contribution >= 4 is 40.3 Å². The summed E-state index contributed by atoms with van der Waals surface area (Å²) in [6, 6.07) is 18.3. The summed E-state index contributed by atoms with van der Waals surface area (Å²) >= 11 is 12.1. The number of para-hydroxylation sites is 1. The van der Waals surface area contributed by atoms with E-state index in [1.807, 2.05) is 42.5 Å². The Kier molecular flexibility index (Phi) is 7.77. The van der Waals surface area contributed by atoms with E-state index in [9.17, 15) is 4.79 Å². The molecule has 3 aromatic carbocycles. The van der Waals surface area contributed by atoms with E-state index in [-0.39, 0.29) is 11.5 Å². The molecule has 6 nitrogen and oxygen atoms in total. The van der Waals surface area contributed by atoms with Crippen molar-refractivity contribution in [2.24, 2.45) is 5.10 Å². The third-order valence-electron chi connectivity index (χ3n) is 6.64. The fraction of sp³-hybridized carbons (Fsp3) is 0.276. The molecule has 0 aliphatic heterocycles. The molecule has 1 aliphatic carbocycles. The number of ether oxygens (including phenoxy) is 2. The largest absolute Gasteiger partial charge is 0.493 e. The van der Waals surface area contributed by atoms with Crippen molar-refractivity contribution in [3.63, 3.8) is 0 Å². The van der Waals surface area contributed by atoms with Gasteiger partial charge in [0.2, 0.25) is 0 Å². The molecule has 0 atom stereocenters. The van der Waals surface area contributed by atoms with E-state index in [0.29, 0.717) is 39.1 Å². The van der Waals surface area contributed by atoms with Gasteiger partial charge in [-0.05, 0) is 66.4 Å². The van der Waals surface area contributed by atoms with Crippen LogP contribution in [0.5, 0.6) is 11.5 Å². The molecule has 4 aromatic rings. The van der Waals surface area contributed by atoms with E-state index >= 15 is 0 Å². The average molecular weight is 536 g/mol. The zero-order valence-electron chi connectivity index (χ0n) is 20.5. The highest BCUT2D eigenvalue weighted by atomic mass is 35.5. The molecule has 0 bridgehead atoms. The van der Waals surface area contributed by atoms with Crippen molar-refractivity contribution < 1.29 is 9.47 Å². The molecule has 1 aliphatic rings. The molecule has 1 heterocycles. The highest BCUT2D eigenvalue weighted by Gasteiger charge is 2.22. The van der Waals surface area contributed by atoms with Crippen molar-refractivity contribution in [1.29, 1.82) is 0 Å². The summed E-state index contributed by atoms with van der Waals surface area (Å²) in [4.78, 5) is 18.3. The molecule has 0 N–H and O–H groups in total. The lowest BCUT2D eigenvalue weighted by atomic mass is 9.88. The second kappa shape index (κ2) is 11.4. The Morgan fingerprint density at radius 3 is 2.59 bits per heavy atom. The summed E-state index contributed by atoms with van der Waals surface area (Å²) in [7, 11) is 1.58. The second-order valence-corrected chi connectivity index (χ2v) is 9.95. The Morgan fingerprint density at radius 1 is 1.00 bits per heavy atom. The number of hydrogen-bond acceptors (Lipinski definition) is 5. The summed E-state index contributed by atoms with van der Waals surface area (Å²) in [6.07, 6.45) is 7.18. The zero-order valence-corrected chi connectivity index (χ0v) is 22.0. The maximum atomic E-state index is 13.4. The van der Waals surface area contributed by atoms with E-state index in [1.165, 1.54) is 11.1 Å². The minimum Gasteiger partial charge on any atom is -0.493 e. The molecule has 0 radical (unpaired) electrons. The minimum atomic E-state index is -0.157. The number of methoxy groups -OCH3 is 1. The maximum absolute atomic E-state index is 13.4. The molecule has 8 heteroatoms. The van der Waals surface area contributed by atoms with Gasteiger partial charge in [-0.2, -0.15) is 9.78 Å². The van der Waals surface area contributed by atoms with Crippen LogP contribution in [0.4, 0.5) is 0 Å². The third-order valence-corrected chi connectivity index (χ3v) is 7.38. The molecule has 0 amide bonds. The highest BCUT2D eigenvalue weighted by molar-refractivity contribution is 6.42. The van der Waals surface area contributed by atoms with Crippen LogP contribution in [0.3, 0.4) is 0 Å². The number of halogens is 2. The second-order valence-electron chi connectivity index (χ2n) is 9.13. The number of nitrogens with zero attached hydrogens (tertiary/aromatic N) is 3. The van der Waals surface area contributed by atoms with Gasteiger partial charge in [-0.1, -0.05) is 60.7 Å². The molecule has 5 rings (SSSR count). The molecule has 190 valence electrons. The van der Waals surface area contributed by atoms with Crippen molar-refractivity contribution in [3.8, 4) is 11.5 Å². The molecule has 1 fully saturated rings. The van der Waals surface area contributed by atoms with E-state index in [2.05, 4.69) is 5.10 Å². The Labute approximate surface area is 225 Å². The first-order valence-electron chi connectivity index (χ1n) is 12.3. The highest BCUT2D eigenvalue weighted by Crippen LogP contribution is 2.32. The molecule has 37 heavy (non-hydrogen) atoms. The van der Waals surface area contributed by atoms with E-state index in [4.69, 9.17) is 37.7 Å². The van der Waals surface area contributed by atoms with Gasteiger partial charge in [-0.25, -0.2) is 4.98 Å². The SMILES string of the molecule is COc1cc(C=Nn2c(C3CCCCC3)nc3ccccc3c2=O)ccc1OCc1ccc(Cl)c(Cl)c1. The predicted molar refractivity (Wildman–Crippen MR) is 149 cm³/mol. The monoisotopic (exact) mass is 535 g/mol. The average Bonchev–Trinajstić information content (AvgIpc) is 2.93. The van der Waals surface area contributed by atoms with Crippen LogP contribution >= 0.6 is 23.2 Å². The van der Waals surface area contributed by atoms with Gasteiger partial charge < -0.3 is 9.47 Å². The van der Waals surface area contributed by atoms with E-state index < -0.39 is 0 Å². The van der Waals surface area contributed by atoms with Gasteiger partial charge in [0.1, 0.15) is 12.4 Å². The number of fused-ring (bicyclic) bond motifs is 1. The minimum absolute atomic E-state index is 0.157. The quantitative estimate of drug-likeness (QED) is 0.234. The Morgan fingerprint density at radius 2 is 1.81 bits per heavy atom. The summed E-state index contributed by atoms with van der Waals surface area (Å²) in [6.45, 7) is 0.309. The van der Waals surface area contributed by atoms with Gasteiger partial charge in [0, 0.05) is 5.92 Å². The van der Waals surface area contributed by atoms with E-state index in [0.717, 1.165) is 42.6 Å². The van der Waals surface area contributed by atoms with Crippen LogP contribution in [0.15, 0.2) is 70.6 Å². The van der Waals surface area contributed by atoms with Crippen molar-refractivity contribution in [3.05, 3.63) is 98.0 Å². The molecular formula is C29H27Cl2N3O3. The van der Waals surface area contributed by atoms with Crippen molar-refractivity contribution in [2.45, 2.75) is 44.6 Å². The van der Waals surface area contributed by atoms with Crippen LogP contribution in [0.1, 0.15) is 55.0 Å². The van der Waals surface area contributed by atoms with Crippen LogP contribution in [0.2, 0.25) is 10.0 Å². The van der Waals surface area contributed by atoms with Crippen LogP contribution < -0.4 is 15.0 Å². The molecular weight excluding hydrogens is 509 g/mol. The van der Waals surface area contributed by atoms with Crippen LogP contribution in [0, 0.1) is 0 Å². The van der Waals surface area contributed by atoms with Gasteiger partial charge in [-0.15, -0.1) is 0 Å². The predicted octanol–water partition coefficient (Wildman–Crippen LogP) is 7.22. The molecule has 0 spiro atoms. The lowest BCUT2D eigenvalue weighted by molar-refractivity contribution is 0.284. The first-order valence-corrected chi connectivity index (χ1v) is 13.1. The van der Waals surface area contributed by atoms with Gasteiger partial charge in [0.05, 0.1) is 34.3 Å². The van der Waals surface area contributed by atoms with Gasteiger partial charge in [-0.3, -0.25) is 4.79 Å². The summed E-state index contributed by atoms with van der Waals surface area (Å²) in [5, 5.41) is 6.15. The summed E-state index contributed by atoms with van der Waals surface area (Å²) < 4.78 is 13.0. The molecule has 1 aromatic heterocycles. The molecule has 1 saturated carbocycles. The fourth-order valence-electron chi connectivity index (χ4n) is 4.68. The third kappa shape index (κ3) is 5.65. The van der Waals surface area contributed by atoms with Gasteiger partial charge >= 0.3 is 0 Å². The lowest BCUT2D eigenvalue weighted by Crippen LogP contribution is -2.25. The topological polar surface area (TPSA) is 65.7 Å². The number of aromatic nitrogens is 2. The molecule has 0 unspecified atom stereocenters. The standard InChI is InChI=1S/C29H27Cl2N3O3/c1-36-27-16-19(12-14-26(27)37-18-20-11-13-23(30)24(31)15-20)17-32-34-28(21-7-3-2-4-8-21)33-25-10-6-5-9-22(25)29(34)35/h5-6,9-17,21H,2-4,7-8,18H2,1H3. The Balaban J connectivity index is 1.43. The summed E-state index contributed by atoms with van der Waals surface area (Å²) in [5.41, 5.74) is 2.22. The molecule has 0 saturated heterocycles. The first kappa shape index (κ1) is 25.3. The number of rotatable bonds is 7. The first-order chi connectivity index (χ1) is 18.0.